The second-order valence-corrected chi connectivity index (χ2v) is 8.61. The summed E-state index contributed by atoms with van der Waals surface area (Å²) in [5.74, 6) is -0.847. The van der Waals surface area contributed by atoms with Crippen molar-refractivity contribution < 1.29 is 14.4 Å². The van der Waals surface area contributed by atoms with Gasteiger partial charge in [0, 0.05) is 23.9 Å². The van der Waals surface area contributed by atoms with E-state index in [9.17, 15) is 14.4 Å². The molecule has 7 nitrogen and oxygen atoms in total. The summed E-state index contributed by atoms with van der Waals surface area (Å²) in [6.45, 7) is 1.08. The first-order chi connectivity index (χ1) is 12.8. The van der Waals surface area contributed by atoms with E-state index in [0.717, 1.165) is 32.6 Å². The average Bonchev–Trinajstić information content (AvgIpc) is 3.15. The van der Waals surface area contributed by atoms with Gasteiger partial charge in [-0.3, -0.25) is 24.2 Å². The first-order valence-corrected chi connectivity index (χ1v) is 10.3. The fraction of sp³-hybridized carbons (Fsp3) is 0.444. The standard InChI is InChI=1S/C18H21BrN4O3S/c1-21(2)8-3-9-22(17(26)11-23-15(24)6-7-16(23)25)18-20-13-5-4-12(19)10-14(13)27-18/h4-5,10H,3,6-9,11H2,1-2H3. The van der Waals surface area contributed by atoms with E-state index in [1.807, 2.05) is 37.2 Å². The maximum atomic E-state index is 12.9. The molecule has 1 saturated heterocycles. The van der Waals surface area contributed by atoms with Crippen LogP contribution in [0.5, 0.6) is 0 Å². The number of anilines is 1. The lowest BCUT2D eigenvalue weighted by molar-refractivity contribution is -0.141. The molecule has 1 fully saturated rings. The maximum Gasteiger partial charge on any atom is 0.248 e. The Morgan fingerprint density at radius 2 is 1.93 bits per heavy atom. The summed E-state index contributed by atoms with van der Waals surface area (Å²) in [6.07, 6.45) is 1.13. The number of carbonyl (C=O) groups excluding carboxylic acids is 3. The molecule has 3 amide bonds. The number of imide groups is 1. The Morgan fingerprint density at radius 3 is 2.59 bits per heavy atom. The highest BCUT2D eigenvalue weighted by Gasteiger charge is 2.32. The van der Waals surface area contributed by atoms with E-state index in [4.69, 9.17) is 0 Å². The van der Waals surface area contributed by atoms with Crippen molar-refractivity contribution >= 4 is 60.3 Å². The van der Waals surface area contributed by atoms with Gasteiger partial charge in [-0.05, 0) is 45.3 Å². The monoisotopic (exact) mass is 452 g/mol. The molecule has 1 aliphatic heterocycles. The van der Waals surface area contributed by atoms with Gasteiger partial charge >= 0.3 is 0 Å². The number of likely N-dealkylation sites (tertiary alicyclic amines) is 1. The molecule has 0 spiro atoms. The molecule has 0 radical (unpaired) electrons. The molecule has 0 aliphatic carbocycles. The van der Waals surface area contributed by atoms with E-state index in [0.29, 0.717) is 11.7 Å². The molecule has 27 heavy (non-hydrogen) atoms. The molecule has 1 aromatic carbocycles. The lowest BCUT2D eigenvalue weighted by Crippen LogP contribution is -2.43. The van der Waals surface area contributed by atoms with Crippen molar-refractivity contribution in [3.63, 3.8) is 0 Å². The smallest absolute Gasteiger partial charge is 0.248 e. The lowest BCUT2D eigenvalue weighted by atomic mass is 10.3. The van der Waals surface area contributed by atoms with E-state index >= 15 is 0 Å². The van der Waals surface area contributed by atoms with Gasteiger partial charge in [-0.1, -0.05) is 27.3 Å². The van der Waals surface area contributed by atoms with E-state index in [1.54, 1.807) is 4.90 Å². The van der Waals surface area contributed by atoms with Crippen molar-refractivity contribution in [1.82, 2.24) is 14.8 Å². The predicted molar refractivity (Wildman–Crippen MR) is 109 cm³/mol. The largest absolute Gasteiger partial charge is 0.309 e. The summed E-state index contributed by atoms with van der Waals surface area (Å²) in [6, 6.07) is 5.77. The van der Waals surface area contributed by atoms with Crippen LogP contribution >= 0.6 is 27.3 Å². The van der Waals surface area contributed by atoms with Crippen LogP contribution in [0.4, 0.5) is 5.13 Å². The van der Waals surface area contributed by atoms with Gasteiger partial charge in [0.15, 0.2) is 5.13 Å². The molecule has 0 saturated carbocycles. The van der Waals surface area contributed by atoms with Crippen molar-refractivity contribution in [2.75, 3.05) is 38.6 Å². The molecular weight excluding hydrogens is 432 g/mol. The van der Waals surface area contributed by atoms with Crippen molar-refractivity contribution in [2.45, 2.75) is 19.3 Å². The van der Waals surface area contributed by atoms with Crippen molar-refractivity contribution in [3.8, 4) is 0 Å². The summed E-state index contributed by atoms with van der Waals surface area (Å²) in [7, 11) is 3.95. The Bertz CT molecular complexity index is 867. The normalized spacial score (nSPS) is 14.6. The van der Waals surface area contributed by atoms with Gasteiger partial charge < -0.3 is 4.90 Å². The number of halogens is 1. The molecule has 2 aromatic rings. The van der Waals surface area contributed by atoms with Crippen LogP contribution in [0.15, 0.2) is 22.7 Å². The fourth-order valence-corrected chi connectivity index (χ4v) is 4.45. The summed E-state index contributed by atoms with van der Waals surface area (Å²) in [5, 5.41) is 0.589. The molecule has 0 N–H and O–H groups in total. The highest BCUT2D eigenvalue weighted by atomic mass is 79.9. The third-order valence-corrected chi connectivity index (χ3v) is 5.84. The van der Waals surface area contributed by atoms with E-state index in [1.165, 1.54) is 11.3 Å². The zero-order chi connectivity index (χ0) is 19.6. The molecule has 2 heterocycles. The number of hydrogen-bond acceptors (Lipinski definition) is 6. The molecule has 0 bridgehead atoms. The topological polar surface area (TPSA) is 73.8 Å². The van der Waals surface area contributed by atoms with Crippen LogP contribution in [0.3, 0.4) is 0 Å². The van der Waals surface area contributed by atoms with Crippen LogP contribution in [-0.2, 0) is 14.4 Å². The first-order valence-electron chi connectivity index (χ1n) is 8.69. The minimum Gasteiger partial charge on any atom is -0.309 e. The number of hydrogen-bond donors (Lipinski definition) is 0. The zero-order valence-corrected chi connectivity index (χ0v) is 17.7. The van der Waals surface area contributed by atoms with Crippen LogP contribution in [-0.4, -0.2) is 66.2 Å². The summed E-state index contributed by atoms with van der Waals surface area (Å²) in [5.41, 5.74) is 0.817. The predicted octanol–water partition coefficient (Wildman–Crippen LogP) is 2.49. The van der Waals surface area contributed by atoms with Crippen molar-refractivity contribution in [2.24, 2.45) is 0 Å². The third-order valence-electron chi connectivity index (χ3n) is 4.31. The number of amides is 3. The zero-order valence-electron chi connectivity index (χ0n) is 15.3. The number of thiazole rings is 1. The maximum absolute atomic E-state index is 12.9. The molecule has 9 heteroatoms. The highest BCUT2D eigenvalue weighted by molar-refractivity contribution is 9.10. The second kappa shape index (κ2) is 8.45. The Kier molecular flexibility index (Phi) is 6.23. The fourth-order valence-electron chi connectivity index (χ4n) is 2.89. The van der Waals surface area contributed by atoms with Crippen LogP contribution in [0.25, 0.3) is 10.2 Å². The minimum atomic E-state index is -0.283. The number of fused-ring (bicyclic) bond motifs is 1. The van der Waals surface area contributed by atoms with E-state index < -0.39 is 0 Å². The molecule has 0 atom stereocenters. The number of aromatic nitrogens is 1. The minimum absolute atomic E-state index is 0.182. The van der Waals surface area contributed by atoms with Gasteiger partial charge in [0.2, 0.25) is 17.7 Å². The summed E-state index contributed by atoms with van der Waals surface area (Å²) in [4.78, 5) is 46.0. The van der Waals surface area contributed by atoms with Gasteiger partial charge in [0.1, 0.15) is 6.54 Å². The number of rotatable bonds is 7. The van der Waals surface area contributed by atoms with Crippen molar-refractivity contribution in [1.29, 1.82) is 0 Å². The molecule has 3 rings (SSSR count). The van der Waals surface area contributed by atoms with Gasteiger partial charge in [-0.2, -0.15) is 0 Å². The highest BCUT2D eigenvalue weighted by Crippen LogP contribution is 2.31. The first kappa shape index (κ1) is 19.9. The molecule has 144 valence electrons. The second-order valence-electron chi connectivity index (χ2n) is 6.68. The molecule has 1 aliphatic rings. The summed E-state index contributed by atoms with van der Waals surface area (Å²) >= 11 is 4.88. The van der Waals surface area contributed by atoms with E-state index in [2.05, 4.69) is 20.9 Å². The number of nitrogens with zero attached hydrogens (tertiary/aromatic N) is 4. The van der Waals surface area contributed by atoms with Crippen LogP contribution in [0.2, 0.25) is 0 Å². The summed E-state index contributed by atoms with van der Waals surface area (Å²) < 4.78 is 1.92. The van der Waals surface area contributed by atoms with Gasteiger partial charge in [-0.15, -0.1) is 0 Å². The quantitative estimate of drug-likeness (QED) is 0.603. The van der Waals surface area contributed by atoms with Crippen LogP contribution in [0, 0.1) is 0 Å². The Labute approximate surface area is 170 Å². The Balaban J connectivity index is 1.83. The van der Waals surface area contributed by atoms with Crippen LogP contribution < -0.4 is 4.90 Å². The Hall–Kier alpha value is -1.84. The molecule has 0 unspecified atom stereocenters. The Morgan fingerprint density at radius 1 is 1.22 bits per heavy atom. The van der Waals surface area contributed by atoms with Gasteiger partial charge in [-0.25, -0.2) is 4.98 Å². The lowest BCUT2D eigenvalue weighted by Gasteiger charge is -2.23. The van der Waals surface area contributed by atoms with E-state index in [-0.39, 0.29) is 37.1 Å². The van der Waals surface area contributed by atoms with Crippen LogP contribution in [0.1, 0.15) is 19.3 Å². The van der Waals surface area contributed by atoms with Gasteiger partial charge in [0.25, 0.3) is 0 Å². The number of benzene rings is 1. The SMILES string of the molecule is CN(C)CCCN(C(=O)CN1C(=O)CCC1=O)c1nc2ccc(Br)cc2s1. The molecular formula is C18H21BrN4O3S. The average molecular weight is 453 g/mol. The van der Waals surface area contributed by atoms with Gasteiger partial charge in [0.05, 0.1) is 10.2 Å². The third kappa shape index (κ3) is 4.72. The van der Waals surface area contributed by atoms with Crippen molar-refractivity contribution in [3.05, 3.63) is 22.7 Å². The number of carbonyl (C=O) groups is 3. The molecule has 1 aromatic heterocycles.